The molecule has 3 nitrogen and oxygen atoms in total. The van der Waals surface area contributed by atoms with Gasteiger partial charge in [0.05, 0.1) is 5.56 Å². The molecule has 0 saturated carbocycles. The van der Waals surface area contributed by atoms with Crippen LogP contribution in [0.1, 0.15) is 24.2 Å². The summed E-state index contributed by atoms with van der Waals surface area (Å²) in [5.41, 5.74) is -0.563. The fourth-order valence-corrected chi connectivity index (χ4v) is 1.01. The van der Waals surface area contributed by atoms with Crippen molar-refractivity contribution < 1.29 is 14.6 Å². The van der Waals surface area contributed by atoms with E-state index in [9.17, 15) is 9.90 Å². The monoisotopic (exact) mass is 218 g/mol. The van der Waals surface area contributed by atoms with Crippen molar-refractivity contribution in [1.82, 2.24) is 0 Å². The molecule has 0 heterocycles. The van der Waals surface area contributed by atoms with E-state index in [2.05, 4.69) is 11.8 Å². The third-order valence-corrected chi connectivity index (χ3v) is 1.68. The maximum absolute atomic E-state index is 11.4. The molecular weight excluding hydrogens is 204 g/mol. The number of aliphatic hydroxyl groups is 1. The minimum absolute atomic E-state index is 0.0162. The Hall–Kier alpha value is -1.79. The number of carbonyl (C=O) groups excluding carboxylic acids is 1. The third kappa shape index (κ3) is 4.63. The molecule has 84 valence electrons. The van der Waals surface area contributed by atoms with E-state index in [1.807, 2.05) is 6.07 Å². The van der Waals surface area contributed by atoms with Gasteiger partial charge in [-0.2, -0.15) is 0 Å². The van der Waals surface area contributed by atoms with Gasteiger partial charge in [-0.15, -0.1) is 0 Å². The number of ether oxygens (including phenoxy) is 1. The molecule has 1 aromatic rings. The highest BCUT2D eigenvalue weighted by Crippen LogP contribution is 2.00. The van der Waals surface area contributed by atoms with Crippen LogP contribution >= 0.6 is 0 Å². The van der Waals surface area contributed by atoms with Gasteiger partial charge in [-0.3, -0.25) is 0 Å². The molecule has 0 aliphatic rings. The predicted octanol–water partition coefficient (Wildman–Crippen LogP) is 1.62. The van der Waals surface area contributed by atoms with Crippen LogP contribution in [0.25, 0.3) is 0 Å². The van der Waals surface area contributed by atoms with Crippen LogP contribution in [-0.4, -0.2) is 23.3 Å². The van der Waals surface area contributed by atoms with Gasteiger partial charge in [-0.05, 0) is 26.0 Å². The molecule has 0 aliphatic heterocycles. The maximum atomic E-state index is 11.4. The topological polar surface area (TPSA) is 46.5 Å². The van der Waals surface area contributed by atoms with Crippen molar-refractivity contribution in [1.29, 1.82) is 0 Å². The Morgan fingerprint density at radius 2 is 2.00 bits per heavy atom. The fourth-order valence-electron chi connectivity index (χ4n) is 1.01. The first kappa shape index (κ1) is 12.3. The van der Waals surface area contributed by atoms with Crippen molar-refractivity contribution in [3.8, 4) is 11.8 Å². The molecule has 0 saturated heterocycles. The SMILES string of the molecule is CC(C)(O)C#CCOC(=O)c1ccccc1. The quantitative estimate of drug-likeness (QED) is 0.606. The van der Waals surface area contributed by atoms with E-state index in [1.54, 1.807) is 38.1 Å². The molecule has 1 N–H and O–H groups in total. The summed E-state index contributed by atoms with van der Waals surface area (Å²) in [6.07, 6.45) is 0. The van der Waals surface area contributed by atoms with Gasteiger partial charge in [0.15, 0.2) is 6.61 Å². The average Bonchev–Trinajstić information content (AvgIpc) is 2.24. The van der Waals surface area contributed by atoms with Gasteiger partial charge in [0.1, 0.15) is 5.60 Å². The van der Waals surface area contributed by atoms with Crippen LogP contribution in [0.3, 0.4) is 0 Å². The summed E-state index contributed by atoms with van der Waals surface area (Å²) >= 11 is 0. The van der Waals surface area contributed by atoms with E-state index >= 15 is 0 Å². The largest absolute Gasteiger partial charge is 0.449 e. The Morgan fingerprint density at radius 1 is 1.38 bits per heavy atom. The first-order valence-electron chi connectivity index (χ1n) is 4.93. The fraction of sp³-hybridized carbons (Fsp3) is 0.308. The van der Waals surface area contributed by atoms with E-state index in [0.717, 1.165) is 0 Å². The molecule has 1 aromatic carbocycles. The molecule has 0 aromatic heterocycles. The van der Waals surface area contributed by atoms with E-state index in [-0.39, 0.29) is 6.61 Å². The van der Waals surface area contributed by atoms with Gasteiger partial charge in [-0.25, -0.2) is 4.79 Å². The molecule has 0 aliphatic carbocycles. The van der Waals surface area contributed by atoms with Crippen LogP contribution in [0, 0.1) is 11.8 Å². The second-order valence-corrected chi connectivity index (χ2v) is 3.80. The lowest BCUT2D eigenvalue weighted by molar-refractivity contribution is 0.0555. The van der Waals surface area contributed by atoms with E-state index in [0.29, 0.717) is 5.56 Å². The lowest BCUT2D eigenvalue weighted by Crippen LogP contribution is -2.15. The smallest absolute Gasteiger partial charge is 0.339 e. The molecule has 0 bridgehead atoms. The zero-order valence-electron chi connectivity index (χ0n) is 9.36. The van der Waals surface area contributed by atoms with Crippen LogP contribution in [0.5, 0.6) is 0 Å². The van der Waals surface area contributed by atoms with Crippen molar-refractivity contribution in [2.45, 2.75) is 19.4 Å². The van der Waals surface area contributed by atoms with Gasteiger partial charge in [0.2, 0.25) is 0 Å². The summed E-state index contributed by atoms with van der Waals surface area (Å²) in [5.74, 6) is 4.73. The lowest BCUT2D eigenvalue weighted by atomic mass is 10.1. The Morgan fingerprint density at radius 3 is 2.56 bits per heavy atom. The maximum Gasteiger partial charge on any atom is 0.339 e. The van der Waals surface area contributed by atoms with Crippen molar-refractivity contribution >= 4 is 5.97 Å². The summed E-state index contributed by atoms with van der Waals surface area (Å²) in [4.78, 5) is 11.4. The summed E-state index contributed by atoms with van der Waals surface area (Å²) in [7, 11) is 0. The number of hydrogen-bond donors (Lipinski definition) is 1. The third-order valence-electron chi connectivity index (χ3n) is 1.68. The van der Waals surface area contributed by atoms with Crippen molar-refractivity contribution in [2.24, 2.45) is 0 Å². The minimum Gasteiger partial charge on any atom is -0.449 e. The normalized spacial score (nSPS) is 10.2. The Kier molecular flexibility index (Phi) is 4.10. The molecule has 0 unspecified atom stereocenters. The van der Waals surface area contributed by atoms with Gasteiger partial charge in [-0.1, -0.05) is 30.0 Å². The molecule has 0 fully saturated rings. The van der Waals surface area contributed by atoms with Crippen LogP contribution in [0.15, 0.2) is 30.3 Å². The highest BCUT2D eigenvalue weighted by atomic mass is 16.5. The number of hydrogen-bond acceptors (Lipinski definition) is 3. The first-order chi connectivity index (χ1) is 7.49. The molecule has 16 heavy (non-hydrogen) atoms. The highest BCUT2D eigenvalue weighted by Gasteiger charge is 2.06. The summed E-state index contributed by atoms with van der Waals surface area (Å²) in [5, 5.41) is 9.29. The second-order valence-electron chi connectivity index (χ2n) is 3.80. The van der Waals surface area contributed by atoms with Crippen molar-refractivity contribution in [2.75, 3.05) is 6.61 Å². The Bertz CT molecular complexity index is 404. The minimum atomic E-state index is -1.06. The Labute approximate surface area is 95.1 Å². The lowest BCUT2D eigenvalue weighted by Gasteiger charge is -2.06. The van der Waals surface area contributed by atoms with E-state index in [4.69, 9.17) is 4.74 Å². The summed E-state index contributed by atoms with van der Waals surface area (Å²) in [6, 6.07) is 8.70. The summed E-state index contributed by atoms with van der Waals surface area (Å²) in [6.45, 7) is 3.12. The first-order valence-corrected chi connectivity index (χ1v) is 4.93. The zero-order chi connectivity index (χ0) is 12.0. The van der Waals surface area contributed by atoms with Crippen LogP contribution < -0.4 is 0 Å². The standard InChI is InChI=1S/C13H14O3/c1-13(2,15)9-6-10-16-12(14)11-7-4-3-5-8-11/h3-5,7-8,15H,10H2,1-2H3. The van der Waals surface area contributed by atoms with E-state index < -0.39 is 11.6 Å². The van der Waals surface area contributed by atoms with Gasteiger partial charge < -0.3 is 9.84 Å². The van der Waals surface area contributed by atoms with Crippen LogP contribution in [0.4, 0.5) is 0 Å². The molecule has 3 heteroatoms. The number of benzene rings is 1. The molecular formula is C13H14O3. The molecule has 0 atom stereocenters. The van der Waals surface area contributed by atoms with Gasteiger partial charge >= 0.3 is 5.97 Å². The molecule has 0 amide bonds. The van der Waals surface area contributed by atoms with Crippen LogP contribution in [0.2, 0.25) is 0 Å². The molecule has 1 rings (SSSR count). The Balaban J connectivity index is 2.45. The highest BCUT2D eigenvalue weighted by molar-refractivity contribution is 5.89. The summed E-state index contributed by atoms with van der Waals surface area (Å²) < 4.78 is 4.90. The number of esters is 1. The predicted molar refractivity (Wildman–Crippen MR) is 60.8 cm³/mol. The average molecular weight is 218 g/mol. The number of rotatable bonds is 2. The van der Waals surface area contributed by atoms with Gasteiger partial charge in [0.25, 0.3) is 0 Å². The van der Waals surface area contributed by atoms with Crippen molar-refractivity contribution in [3.63, 3.8) is 0 Å². The second kappa shape index (κ2) is 5.34. The molecule has 0 spiro atoms. The van der Waals surface area contributed by atoms with Crippen LogP contribution in [-0.2, 0) is 4.74 Å². The molecule has 0 radical (unpaired) electrons. The number of carbonyl (C=O) groups is 1. The van der Waals surface area contributed by atoms with Gasteiger partial charge in [0, 0.05) is 0 Å². The van der Waals surface area contributed by atoms with E-state index in [1.165, 1.54) is 0 Å². The zero-order valence-corrected chi connectivity index (χ0v) is 9.36. The van der Waals surface area contributed by atoms with Crippen molar-refractivity contribution in [3.05, 3.63) is 35.9 Å².